The number of thiophene rings is 1. The summed E-state index contributed by atoms with van der Waals surface area (Å²) in [6.45, 7) is 5.34. The number of aliphatic hydroxyl groups excluding tert-OH is 1. The maximum Gasteiger partial charge on any atom is 0.346 e. The number of carboxylic acids is 1. The van der Waals surface area contributed by atoms with E-state index in [0.29, 0.717) is 21.6 Å². The van der Waals surface area contributed by atoms with Crippen LogP contribution in [-0.4, -0.2) is 38.3 Å². The molecular formula is C12H15N3O3S. The molecule has 0 unspecified atom stereocenters. The minimum atomic E-state index is -0.965. The molecule has 0 bridgehead atoms. The highest BCUT2D eigenvalue weighted by Gasteiger charge is 2.22. The molecule has 0 saturated heterocycles. The van der Waals surface area contributed by atoms with Gasteiger partial charge in [-0.15, -0.1) is 11.3 Å². The molecule has 102 valence electrons. The summed E-state index contributed by atoms with van der Waals surface area (Å²) in [6.07, 6.45) is 1.39. The Bertz CT molecular complexity index is 636. The lowest BCUT2D eigenvalue weighted by Gasteiger charge is -2.24. The summed E-state index contributed by atoms with van der Waals surface area (Å²) in [5, 5.41) is 22.2. The van der Waals surface area contributed by atoms with Crippen LogP contribution in [0.5, 0.6) is 0 Å². The molecule has 0 aliphatic heterocycles. The first-order valence-electron chi connectivity index (χ1n) is 5.72. The zero-order valence-electron chi connectivity index (χ0n) is 10.9. The molecule has 2 heterocycles. The predicted octanol–water partition coefficient (Wildman–Crippen LogP) is 1.88. The monoisotopic (exact) mass is 281 g/mol. The molecule has 0 aromatic carbocycles. The number of fused-ring (bicyclic) bond motifs is 1. The van der Waals surface area contributed by atoms with Gasteiger partial charge in [0, 0.05) is 0 Å². The number of aliphatic hydroxyl groups is 1. The predicted molar refractivity (Wildman–Crippen MR) is 73.9 cm³/mol. The van der Waals surface area contributed by atoms with E-state index in [1.54, 1.807) is 6.92 Å². The van der Waals surface area contributed by atoms with Crippen molar-refractivity contribution in [1.82, 2.24) is 9.97 Å². The van der Waals surface area contributed by atoms with Crippen LogP contribution in [-0.2, 0) is 0 Å². The largest absolute Gasteiger partial charge is 0.477 e. The maximum absolute atomic E-state index is 11.1. The fourth-order valence-electron chi connectivity index (χ4n) is 1.73. The number of anilines is 1. The van der Waals surface area contributed by atoms with Gasteiger partial charge in [0.1, 0.15) is 21.9 Å². The number of hydrogen-bond acceptors (Lipinski definition) is 6. The summed E-state index contributed by atoms with van der Waals surface area (Å²) in [6, 6.07) is 0. The van der Waals surface area contributed by atoms with Crippen LogP contribution in [0.3, 0.4) is 0 Å². The molecule has 2 aromatic heterocycles. The van der Waals surface area contributed by atoms with Crippen LogP contribution in [0.4, 0.5) is 5.82 Å². The zero-order chi connectivity index (χ0) is 14.2. The number of aromatic nitrogens is 2. The first-order valence-corrected chi connectivity index (χ1v) is 6.54. The topological polar surface area (TPSA) is 95.3 Å². The average molecular weight is 281 g/mol. The quantitative estimate of drug-likeness (QED) is 0.792. The molecule has 3 N–H and O–H groups in total. The number of hydrogen-bond donors (Lipinski definition) is 3. The molecule has 0 fully saturated rings. The molecule has 2 aromatic rings. The Morgan fingerprint density at radius 2 is 2.16 bits per heavy atom. The van der Waals surface area contributed by atoms with Crippen LogP contribution in [0.25, 0.3) is 10.2 Å². The number of carboxylic acid groups (broad SMARTS) is 1. The van der Waals surface area contributed by atoms with Crippen LogP contribution in [0.15, 0.2) is 6.33 Å². The Hall–Kier alpha value is -1.73. The Morgan fingerprint density at radius 3 is 2.74 bits per heavy atom. The third-order valence-electron chi connectivity index (χ3n) is 2.77. The minimum Gasteiger partial charge on any atom is -0.477 e. The summed E-state index contributed by atoms with van der Waals surface area (Å²) in [7, 11) is 0. The van der Waals surface area contributed by atoms with E-state index < -0.39 is 11.5 Å². The van der Waals surface area contributed by atoms with Gasteiger partial charge in [0.2, 0.25) is 0 Å². The van der Waals surface area contributed by atoms with E-state index in [-0.39, 0.29) is 11.5 Å². The highest BCUT2D eigenvalue weighted by molar-refractivity contribution is 7.20. The maximum atomic E-state index is 11.1. The third kappa shape index (κ3) is 2.52. The summed E-state index contributed by atoms with van der Waals surface area (Å²) in [4.78, 5) is 20.3. The fourth-order valence-corrected chi connectivity index (χ4v) is 2.72. The van der Waals surface area contributed by atoms with E-state index in [0.717, 1.165) is 11.3 Å². The molecule has 2 rings (SSSR count). The van der Waals surface area contributed by atoms with Gasteiger partial charge >= 0.3 is 5.97 Å². The molecule has 0 radical (unpaired) electrons. The number of carbonyl (C=O) groups is 1. The van der Waals surface area contributed by atoms with Gasteiger partial charge < -0.3 is 15.5 Å². The van der Waals surface area contributed by atoms with E-state index in [1.165, 1.54) is 6.33 Å². The van der Waals surface area contributed by atoms with Gasteiger partial charge in [0.15, 0.2) is 0 Å². The Kier molecular flexibility index (Phi) is 3.42. The van der Waals surface area contributed by atoms with Crippen molar-refractivity contribution < 1.29 is 15.0 Å². The highest BCUT2D eigenvalue weighted by atomic mass is 32.1. The molecule has 0 atom stereocenters. The Balaban J connectivity index is 2.60. The first kappa shape index (κ1) is 13.7. The van der Waals surface area contributed by atoms with Crippen LogP contribution >= 0.6 is 11.3 Å². The van der Waals surface area contributed by atoms with Gasteiger partial charge in [-0.2, -0.15) is 0 Å². The molecule has 0 saturated carbocycles. The number of rotatable bonds is 4. The smallest absolute Gasteiger partial charge is 0.346 e. The third-order valence-corrected chi connectivity index (χ3v) is 3.96. The van der Waals surface area contributed by atoms with Crippen molar-refractivity contribution in [3.63, 3.8) is 0 Å². The van der Waals surface area contributed by atoms with Gasteiger partial charge in [-0.1, -0.05) is 0 Å². The van der Waals surface area contributed by atoms with Crippen molar-refractivity contribution in [3.8, 4) is 0 Å². The second-order valence-electron chi connectivity index (χ2n) is 4.93. The molecule has 7 heteroatoms. The van der Waals surface area contributed by atoms with Crippen molar-refractivity contribution in [3.05, 3.63) is 16.8 Å². The van der Waals surface area contributed by atoms with Gasteiger partial charge in [-0.05, 0) is 26.3 Å². The summed E-state index contributed by atoms with van der Waals surface area (Å²) in [5.74, 6) is -0.418. The number of aryl methyl sites for hydroxylation is 1. The molecule has 0 spiro atoms. The average Bonchev–Trinajstić information content (AvgIpc) is 2.68. The van der Waals surface area contributed by atoms with E-state index in [2.05, 4.69) is 15.3 Å². The number of aromatic carboxylic acids is 1. The first-order chi connectivity index (χ1) is 8.85. The summed E-state index contributed by atoms with van der Waals surface area (Å²) < 4.78 is 0. The molecule has 0 aliphatic carbocycles. The fraction of sp³-hybridized carbons (Fsp3) is 0.417. The lowest BCUT2D eigenvalue weighted by atomic mass is 10.1. The van der Waals surface area contributed by atoms with E-state index in [4.69, 9.17) is 5.11 Å². The second kappa shape index (κ2) is 4.75. The van der Waals surface area contributed by atoms with Crippen LogP contribution < -0.4 is 5.32 Å². The number of nitrogens with zero attached hydrogens (tertiary/aromatic N) is 2. The number of nitrogens with one attached hydrogen (secondary N) is 1. The van der Waals surface area contributed by atoms with E-state index >= 15 is 0 Å². The van der Waals surface area contributed by atoms with Crippen molar-refractivity contribution in [1.29, 1.82) is 0 Å². The second-order valence-corrected chi connectivity index (χ2v) is 5.93. The van der Waals surface area contributed by atoms with Gasteiger partial charge in [-0.3, -0.25) is 0 Å². The molecular weight excluding hydrogens is 266 g/mol. The lowest BCUT2D eigenvalue weighted by Crippen LogP contribution is -2.35. The van der Waals surface area contributed by atoms with Gasteiger partial charge in [-0.25, -0.2) is 14.8 Å². The van der Waals surface area contributed by atoms with Crippen molar-refractivity contribution in [2.75, 3.05) is 11.9 Å². The van der Waals surface area contributed by atoms with Crippen molar-refractivity contribution >= 4 is 33.3 Å². The SMILES string of the molecule is Cc1c(C(=O)O)sc2ncnc(NC(C)(C)CO)c12. The molecule has 19 heavy (non-hydrogen) atoms. The summed E-state index contributed by atoms with van der Waals surface area (Å²) >= 11 is 1.13. The van der Waals surface area contributed by atoms with Crippen LogP contribution in [0.1, 0.15) is 29.1 Å². The summed E-state index contributed by atoms with van der Waals surface area (Å²) in [5.41, 5.74) is 0.100. The molecule has 6 nitrogen and oxygen atoms in total. The molecule has 0 amide bonds. The van der Waals surface area contributed by atoms with E-state index in [9.17, 15) is 9.90 Å². The Labute approximate surface area is 114 Å². The Morgan fingerprint density at radius 1 is 1.47 bits per heavy atom. The normalized spacial score (nSPS) is 11.8. The lowest BCUT2D eigenvalue weighted by molar-refractivity contribution is 0.0701. The van der Waals surface area contributed by atoms with Crippen molar-refractivity contribution in [2.45, 2.75) is 26.3 Å². The van der Waals surface area contributed by atoms with Gasteiger partial charge in [0.05, 0.1) is 17.5 Å². The molecule has 0 aliphatic rings. The highest BCUT2D eigenvalue weighted by Crippen LogP contribution is 2.34. The zero-order valence-corrected chi connectivity index (χ0v) is 11.7. The van der Waals surface area contributed by atoms with Crippen LogP contribution in [0, 0.1) is 6.92 Å². The van der Waals surface area contributed by atoms with Crippen LogP contribution in [0.2, 0.25) is 0 Å². The van der Waals surface area contributed by atoms with Gasteiger partial charge in [0.25, 0.3) is 0 Å². The minimum absolute atomic E-state index is 0.0620. The standard InChI is InChI=1S/C12H15N3O3S/c1-6-7-9(15-12(2,3)4-16)13-5-14-10(7)19-8(6)11(17)18/h5,16H,4H2,1-3H3,(H,17,18)(H,13,14,15). The van der Waals surface area contributed by atoms with Crippen molar-refractivity contribution in [2.24, 2.45) is 0 Å². The van der Waals surface area contributed by atoms with E-state index in [1.807, 2.05) is 13.8 Å².